The molecule has 0 aliphatic carbocycles. The zero-order valence-electron chi connectivity index (χ0n) is 11.2. The van der Waals surface area contributed by atoms with Gasteiger partial charge in [-0.3, -0.25) is 0 Å². The lowest BCUT2D eigenvalue weighted by molar-refractivity contribution is 0.390. The van der Waals surface area contributed by atoms with Crippen LogP contribution in [-0.4, -0.2) is 32.8 Å². The highest BCUT2D eigenvalue weighted by atomic mass is 32.2. The van der Waals surface area contributed by atoms with Crippen LogP contribution in [0.5, 0.6) is 0 Å². The summed E-state index contributed by atoms with van der Waals surface area (Å²) in [5.41, 5.74) is 0. The predicted octanol–water partition coefficient (Wildman–Crippen LogP) is 1.48. The third-order valence-corrected chi connectivity index (χ3v) is 5.28. The lowest BCUT2D eigenvalue weighted by Crippen LogP contribution is -2.43. The summed E-state index contributed by atoms with van der Waals surface area (Å²) in [6.45, 7) is 7.13. The molecule has 17 heavy (non-hydrogen) atoms. The van der Waals surface area contributed by atoms with Crippen molar-refractivity contribution in [2.75, 3.05) is 12.3 Å². The fourth-order valence-electron chi connectivity index (χ4n) is 2.59. The van der Waals surface area contributed by atoms with E-state index in [9.17, 15) is 8.42 Å². The second-order valence-corrected chi connectivity index (χ2v) is 6.86. The SMILES string of the molecule is CCC(CC)C(C)NS(=O)(=O)CC1CCCN1. The summed E-state index contributed by atoms with van der Waals surface area (Å²) in [4.78, 5) is 0. The number of sulfonamides is 1. The molecule has 1 aliphatic rings. The Labute approximate surface area is 106 Å². The van der Waals surface area contributed by atoms with Crippen LogP contribution in [0.3, 0.4) is 0 Å². The Morgan fingerprint density at radius 2 is 2.00 bits per heavy atom. The molecule has 0 radical (unpaired) electrons. The summed E-state index contributed by atoms with van der Waals surface area (Å²) in [7, 11) is -3.14. The molecule has 2 unspecified atom stereocenters. The first kappa shape index (κ1) is 14.9. The van der Waals surface area contributed by atoms with E-state index in [1.165, 1.54) is 0 Å². The molecule has 0 amide bonds. The smallest absolute Gasteiger partial charge is 0.213 e. The first-order chi connectivity index (χ1) is 7.98. The molecule has 1 fully saturated rings. The lowest BCUT2D eigenvalue weighted by Gasteiger charge is -2.23. The summed E-state index contributed by atoms with van der Waals surface area (Å²) in [6, 6.07) is 0.179. The van der Waals surface area contributed by atoms with Gasteiger partial charge in [-0.2, -0.15) is 0 Å². The average molecular weight is 262 g/mol. The molecule has 1 aliphatic heterocycles. The maximum Gasteiger partial charge on any atom is 0.213 e. The van der Waals surface area contributed by atoms with Crippen LogP contribution in [0, 0.1) is 5.92 Å². The molecule has 0 saturated carbocycles. The highest BCUT2D eigenvalue weighted by Gasteiger charge is 2.25. The fourth-order valence-corrected chi connectivity index (χ4v) is 4.26. The van der Waals surface area contributed by atoms with Crippen LogP contribution < -0.4 is 10.0 Å². The van der Waals surface area contributed by atoms with Crippen molar-refractivity contribution in [2.45, 2.75) is 58.5 Å². The van der Waals surface area contributed by atoms with Crippen LogP contribution in [0.1, 0.15) is 46.5 Å². The van der Waals surface area contributed by atoms with Gasteiger partial charge in [0.15, 0.2) is 0 Å². The second-order valence-electron chi connectivity index (χ2n) is 5.06. The molecule has 0 aromatic rings. The maximum absolute atomic E-state index is 12.0. The minimum absolute atomic E-state index is 0.0383. The van der Waals surface area contributed by atoms with E-state index in [1.807, 2.05) is 6.92 Å². The molecule has 2 N–H and O–H groups in total. The van der Waals surface area contributed by atoms with Crippen molar-refractivity contribution in [3.63, 3.8) is 0 Å². The van der Waals surface area contributed by atoms with Crippen molar-refractivity contribution in [1.82, 2.24) is 10.0 Å². The molecule has 0 aromatic heterocycles. The van der Waals surface area contributed by atoms with E-state index in [-0.39, 0.29) is 17.8 Å². The van der Waals surface area contributed by atoms with Crippen molar-refractivity contribution in [2.24, 2.45) is 5.92 Å². The van der Waals surface area contributed by atoms with E-state index < -0.39 is 10.0 Å². The molecular formula is C12H26N2O2S. The molecule has 1 saturated heterocycles. The summed E-state index contributed by atoms with van der Waals surface area (Å²) < 4.78 is 26.8. The van der Waals surface area contributed by atoms with Crippen molar-refractivity contribution < 1.29 is 8.42 Å². The lowest BCUT2D eigenvalue weighted by atomic mass is 9.96. The minimum atomic E-state index is -3.14. The third-order valence-electron chi connectivity index (χ3n) is 3.70. The Morgan fingerprint density at radius 1 is 1.35 bits per heavy atom. The first-order valence-electron chi connectivity index (χ1n) is 6.71. The number of nitrogens with one attached hydrogen (secondary N) is 2. The van der Waals surface area contributed by atoms with Crippen molar-refractivity contribution in [3.05, 3.63) is 0 Å². The molecule has 0 bridgehead atoms. The van der Waals surface area contributed by atoms with Crippen LogP contribution >= 0.6 is 0 Å². The number of hydrogen-bond donors (Lipinski definition) is 2. The van der Waals surface area contributed by atoms with E-state index in [4.69, 9.17) is 0 Å². The van der Waals surface area contributed by atoms with Crippen molar-refractivity contribution in [1.29, 1.82) is 0 Å². The summed E-state index contributed by atoms with van der Waals surface area (Å²) in [5.74, 6) is 0.652. The number of hydrogen-bond acceptors (Lipinski definition) is 3. The Balaban J connectivity index is 2.47. The Kier molecular flexibility index (Phi) is 5.89. The van der Waals surface area contributed by atoms with Gasteiger partial charge in [0.2, 0.25) is 10.0 Å². The molecular weight excluding hydrogens is 236 g/mol. The maximum atomic E-state index is 12.0. The molecule has 4 nitrogen and oxygen atoms in total. The van der Waals surface area contributed by atoms with Gasteiger partial charge in [0.1, 0.15) is 0 Å². The molecule has 1 heterocycles. The largest absolute Gasteiger partial charge is 0.313 e. The van der Waals surface area contributed by atoms with Gasteiger partial charge in [-0.25, -0.2) is 13.1 Å². The second kappa shape index (κ2) is 6.71. The first-order valence-corrected chi connectivity index (χ1v) is 8.37. The van der Waals surface area contributed by atoms with E-state index in [0.717, 1.165) is 32.2 Å². The van der Waals surface area contributed by atoms with Gasteiger partial charge in [-0.05, 0) is 32.2 Å². The van der Waals surface area contributed by atoms with Crippen molar-refractivity contribution >= 4 is 10.0 Å². The summed E-state index contributed by atoms with van der Waals surface area (Å²) in [5, 5.41) is 3.22. The molecule has 1 rings (SSSR count). The minimum Gasteiger partial charge on any atom is -0.313 e. The summed E-state index contributed by atoms with van der Waals surface area (Å²) in [6.07, 6.45) is 4.09. The average Bonchev–Trinajstić information content (AvgIpc) is 2.70. The van der Waals surface area contributed by atoms with Gasteiger partial charge in [0, 0.05) is 12.1 Å². The zero-order valence-corrected chi connectivity index (χ0v) is 12.0. The van der Waals surface area contributed by atoms with Crippen LogP contribution in [0.4, 0.5) is 0 Å². The standard InChI is InChI=1S/C12H26N2O2S/c1-4-11(5-2)10(3)14-17(15,16)9-12-7-6-8-13-12/h10-14H,4-9H2,1-3H3. The van der Waals surface area contributed by atoms with Crippen LogP contribution in [0.2, 0.25) is 0 Å². The van der Waals surface area contributed by atoms with E-state index in [1.54, 1.807) is 0 Å². The van der Waals surface area contributed by atoms with Crippen molar-refractivity contribution in [3.8, 4) is 0 Å². The summed E-state index contributed by atoms with van der Waals surface area (Å²) >= 11 is 0. The van der Waals surface area contributed by atoms with Gasteiger partial charge < -0.3 is 5.32 Å². The Hall–Kier alpha value is -0.130. The molecule has 0 aromatic carbocycles. The molecule has 0 spiro atoms. The van der Waals surface area contributed by atoms with Gasteiger partial charge in [0.25, 0.3) is 0 Å². The molecule has 2 atom stereocenters. The Morgan fingerprint density at radius 3 is 2.47 bits per heavy atom. The molecule has 102 valence electrons. The highest BCUT2D eigenvalue weighted by molar-refractivity contribution is 7.89. The Bertz CT molecular complexity index is 306. The van der Waals surface area contributed by atoms with E-state index >= 15 is 0 Å². The van der Waals surface area contributed by atoms with Crippen LogP contribution in [0.25, 0.3) is 0 Å². The monoisotopic (exact) mass is 262 g/mol. The third kappa shape index (κ3) is 4.94. The zero-order chi connectivity index (χ0) is 12.9. The van der Waals surface area contributed by atoms with Gasteiger partial charge in [0.05, 0.1) is 5.75 Å². The van der Waals surface area contributed by atoms with E-state index in [2.05, 4.69) is 23.9 Å². The number of rotatable bonds is 7. The molecule has 5 heteroatoms. The highest BCUT2D eigenvalue weighted by Crippen LogP contribution is 2.14. The van der Waals surface area contributed by atoms with Crippen LogP contribution in [0.15, 0.2) is 0 Å². The fraction of sp³-hybridized carbons (Fsp3) is 1.00. The van der Waals surface area contributed by atoms with Crippen LogP contribution in [-0.2, 0) is 10.0 Å². The van der Waals surface area contributed by atoms with Gasteiger partial charge in [-0.15, -0.1) is 0 Å². The predicted molar refractivity (Wildman–Crippen MR) is 71.5 cm³/mol. The van der Waals surface area contributed by atoms with Gasteiger partial charge >= 0.3 is 0 Å². The normalized spacial score (nSPS) is 23.2. The van der Waals surface area contributed by atoms with Gasteiger partial charge in [-0.1, -0.05) is 26.7 Å². The quantitative estimate of drug-likeness (QED) is 0.731. The van der Waals surface area contributed by atoms with E-state index in [0.29, 0.717) is 5.92 Å². The topological polar surface area (TPSA) is 58.2 Å².